The quantitative estimate of drug-likeness (QED) is 0.858. The van der Waals surface area contributed by atoms with Gasteiger partial charge in [-0.15, -0.1) is 0 Å². The highest BCUT2D eigenvalue weighted by Gasteiger charge is 2.36. The lowest BCUT2D eigenvalue weighted by Crippen LogP contribution is -2.49. The molecule has 0 saturated carbocycles. The Morgan fingerprint density at radius 2 is 2.20 bits per heavy atom. The largest absolute Gasteiger partial charge is 0.394 e. The molecule has 110 valence electrons. The van der Waals surface area contributed by atoms with Gasteiger partial charge in [0.2, 0.25) is 5.91 Å². The summed E-state index contributed by atoms with van der Waals surface area (Å²) >= 11 is 0. The lowest BCUT2D eigenvalue weighted by atomic mass is 9.83. The average molecular weight is 277 g/mol. The van der Waals surface area contributed by atoms with Crippen molar-refractivity contribution in [2.75, 3.05) is 19.8 Å². The summed E-state index contributed by atoms with van der Waals surface area (Å²) in [7, 11) is 0. The van der Waals surface area contributed by atoms with Crippen LogP contribution in [0.2, 0.25) is 0 Å². The molecule has 2 N–H and O–H groups in total. The second-order valence-corrected chi connectivity index (χ2v) is 5.76. The first-order valence-electron chi connectivity index (χ1n) is 7.17. The topological polar surface area (TPSA) is 58.6 Å². The molecular formula is C16H23NO3. The number of carbonyl (C=O) groups excluding carboxylic acids is 1. The number of rotatable bonds is 5. The lowest BCUT2D eigenvalue weighted by molar-refractivity contribution is -0.138. The third-order valence-corrected chi connectivity index (χ3v) is 3.87. The fourth-order valence-corrected chi connectivity index (χ4v) is 2.53. The van der Waals surface area contributed by atoms with Crippen molar-refractivity contribution in [1.29, 1.82) is 0 Å². The maximum absolute atomic E-state index is 12.4. The van der Waals surface area contributed by atoms with E-state index >= 15 is 0 Å². The maximum atomic E-state index is 12.4. The van der Waals surface area contributed by atoms with Gasteiger partial charge in [-0.1, -0.05) is 30.3 Å². The van der Waals surface area contributed by atoms with Gasteiger partial charge in [-0.3, -0.25) is 4.79 Å². The Morgan fingerprint density at radius 1 is 1.45 bits per heavy atom. The summed E-state index contributed by atoms with van der Waals surface area (Å²) in [6, 6.07) is 9.63. The minimum absolute atomic E-state index is 0.0211. The Balaban J connectivity index is 1.94. The fraction of sp³-hybridized carbons (Fsp3) is 0.562. The first-order valence-corrected chi connectivity index (χ1v) is 7.17. The monoisotopic (exact) mass is 277 g/mol. The highest BCUT2D eigenvalue weighted by Crippen LogP contribution is 2.28. The summed E-state index contributed by atoms with van der Waals surface area (Å²) in [6.07, 6.45) is 2.38. The number of aliphatic hydroxyl groups excluding tert-OH is 1. The summed E-state index contributed by atoms with van der Waals surface area (Å²) in [6.45, 7) is 3.06. The van der Waals surface area contributed by atoms with Crippen LogP contribution in [0.3, 0.4) is 0 Å². The van der Waals surface area contributed by atoms with Crippen LogP contribution in [0.15, 0.2) is 30.3 Å². The Bertz CT molecular complexity index is 427. The van der Waals surface area contributed by atoms with E-state index in [1.165, 1.54) is 0 Å². The number of benzene rings is 1. The summed E-state index contributed by atoms with van der Waals surface area (Å²) in [5.41, 5.74) is 0.638. The first kappa shape index (κ1) is 15.0. The van der Waals surface area contributed by atoms with Gasteiger partial charge in [0.15, 0.2) is 0 Å². The Kier molecular flexibility index (Phi) is 5.15. The highest BCUT2D eigenvalue weighted by atomic mass is 16.5. The van der Waals surface area contributed by atoms with Crippen LogP contribution in [0.5, 0.6) is 0 Å². The Labute approximate surface area is 120 Å². The van der Waals surface area contributed by atoms with Crippen LogP contribution in [0.4, 0.5) is 0 Å². The minimum atomic E-state index is -0.470. The molecule has 20 heavy (non-hydrogen) atoms. The molecule has 1 heterocycles. The van der Waals surface area contributed by atoms with E-state index in [0.29, 0.717) is 13.0 Å². The molecule has 0 aliphatic carbocycles. The van der Waals surface area contributed by atoms with E-state index in [0.717, 1.165) is 25.0 Å². The molecule has 1 aliphatic rings. The van der Waals surface area contributed by atoms with E-state index in [4.69, 9.17) is 4.74 Å². The first-order chi connectivity index (χ1) is 9.64. The Morgan fingerprint density at radius 3 is 2.80 bits per heavy atom. The Hall–Kier alpha value is -1.39. The van der Waals surface area contributed by atoms with Crippen molar-refractivity contribution in [3.05, 3.63) is 35.9 Å². The molecule has 0 bridgehead atoms. The number of hydrogen-bond acceptors (Lipinski definition) is 3. The van der Waals surface area contributed by atoms with Gasteiger partial charge in [0.05, 0.1) is 24.7 Å². The molecule has 1 aromatic carbocycles. The second-order valence-electron chi connectivity index (χ2n) is 5.76. The molecule has 0 radical (unpaired) electrons. The van der Waals surface area contributed by atoms with Crippen LogP contribution in [-0.2, 0) is 16.0 Å². The molecule has 1 amide bonds. The van der Waals surface area contributed by atoms with Crippen LogP contribution in [0.25, 0.3) is 0 Å². The molecule has 0 spiro atoms. The molecule has 4 nitrogen and oxygen atoms in total. The number of hydrogen-bond donors (Lipinski definition) is 2. The van der Waals surface area contributed by atoms with Gasteiger partial charge in [0, 0.05) is 6.61 Å². The van der Waals surface area contributed by atoms with Gasteiger partial charge in [-0.25, -0.2) is 0 Å². The predicted molar refractivity (Wildman–Crippen MR) is 77.3 cm³/mol. The van der Waals surface area contributed by atoms with Crippen molar-refractivity contribution in [2.45, 2.75) is 32.2 Å². The van der Waals surface area contributed by atoms with E-state index in [1.54, 1.807) is 0 Å². The van der Waals surface area contributed by atoms with Crippen molar-refractivity contribution in [2.24, 2.45) is 5.41 Å². The van der Waals surface area contributed by atoms with Crippen LogP contribution in [-0.4, -0.2) is 36.9 Å². The van der Waals surface area contributed by atoms with Gasteiger partial charge < -0.3 is 15.2 Å². The van der Waals surface area contributed by atoms with Gasteiger partial charge in [-0.2, -0.15) is 0 Å². The minimum Gasteiger partial charge on any atom is -0.394 e. The summed E-state index contributed by atoms with van der Waals surface area (Å²) < 4.78 is 5.42. The smallest absolute Gasteiger partial charge is 0.228 e. The maximum Gasteiger partial charge on any atom is 0.228 e. The average Bonchev–Trinajstić information content (AvgIpc) is 2.48. The lowest BCUT2D eigenvalue weighted by Gasteiger charge is -2.33. The predicted octanol–water partition coefficient (Wildman–Crippen LogP) is 1.52. The molecule has 1 aliphatic heterocycles. The van der Waals surface area contributed by atoms with Crippen LogP contribution < -0.4 is 5.32 Å². The van der Waals surface area contributed by atoms with Crippen molar-refractivity contribution < 1.29 is 14.6 Å². The fourth-order valence-electron chi connectivity index (χ4n) is 2.53. The molecule has 1 fully saturated rings. The third-order valence-electron chi connectivity index (χ3n) is 3.87. The van der Waals surface area contributed by atoms with Crippen molar-refractivity contribution in [3.63, 3.8) is 0 Å². The molecule has 4 heteroatoms. The number of aliphatic hydroxyl groups is 1. The molecule has 1 saturated heterocycles. The van der Waals surface area contributed by atoms with Crippen molar-refractivity contribution in [1.82, 2.24) is 5.32 Å². The van der Waals surface area contributed by atoms with Gasteiger partial charge in [0.1, 0.15) is 0 Å². The standard InChI is InChI=1S/C16H23NO3/c1-16(8-5-9-20-12-16)15(19)17-14(11-18)10-13-6-3-2-4-7-13/h2-4,6-7,14,18H,5,8-12H2,1H3,(H,17,19)/t14-,16?/m0/s1. The van der Waals surface area contributed by atoms with Crippen LogP contribution >= 0.6 is 0 Å². The van der Waals surface area contributed by atoms with E-state index in [2.05, 4.69) is 5.32 Å². The summed E-state index contributed by atoms with van der Waals surface area (Å²) in [5, 5.41) is 12.4. The zero-order valence-corrected chi connectivity index (χ0v) is 12.0. The second kappa shape index (κ2) is 6.86. The van der Waals surface area contributed by atoms with Gasteiger partial charge in [-0.05, 0) is 31.7 Å². The molecule has 1 unspecified atom stereocenters. The van der Waals surface area contributed by atoms with Crippen molar-refractivity contribution in [3.8, 4) is 0 Å². The zero-order valence-electron chi connectivity index (χ0n) is 12.0. The normalized spacial score (nSPS) is 24.1. The van der Waals surface area contributed by atoms with Crippen LogP contribution in [0, 0.1) is 5.41 Å². The van der Waals surface area contributed by atoms with E-state index < -0.39 is 5.41 Å². The molecule has 2 rings (SSSR count). The van der Waals surface area contributed by atoms with Gasteiger partial charge >= 0.3 is 0 Å². The van der Waals surface area contributed by atoms with Crippen LogP contribution in [0.1, 0.15) is 25.3 Å². The number of ether oxygens (including phenoxy) is 1. The molecular weight excluding hydrogens is 254 g/mol. The number of amides is 1. The molecule has 0 aromatic heterocycles. The van der Waals surface area contributed by atoms with E-state index in [1.807, 2.05) is 37.3 Å². The van der Waals surface area contributed by atoms with E-state index in [-0.39, 0.29) is 18.6 Å². The van der Waals surface area contributed by atoms with E-state index in [9.17, 15) is 9.90 Å². The third kappa shape index (κ3) is 3.81. The highest BCUT2D eigenvalue weighted by molar-refractivity contribution is 5.82. The molecule has 1 aromatic rings. The SMILES string of the molecule is CC1(C(=O)N[C@H](CO)Cc2ccccc2)CCCOC1. The van der Waals surface area contributed by atoms with Gasteiger partial charge in [0.25, 0.3) is 0 Å². The summed E-state index contributed by atoms with van der Waals surface area (Å²) in [5.74, 6) is -0.0211. The zero-order chi connectivity index (χ0) is 14.4. The number of carbonyl (C=O) groups is 1. The number of nitrogens with one attached hydrogen (secondary N) is 1. The molecule has 2 atom stereocenters. The summed E-state index contributed by atoms with van der Waals surface area (Å²) in [4.78, 5) is 12.4. The van der Waals surface area contributed by atoms with Crippen molar-refractivity contribution >= 4 is 5.91 Å².